The topological polar surface area (TPSA) is 47.9 Å². The predicted octanol–water partition coefficient (Wildman–Crippen LogP) is 2.63. The van der Waals surface area contributed by atoms with Gasteiger partial charge in [0, 0.05) is 51.2 Å². The Balaban J connectivity index is 0.00000288. The first kappa shape index (κ1) is 21.0. The minimum absolute atomic E-state index is 0. The highest BCUT2D eigenvalue weighted by Gasteiger charge is 2.20. The van der Waals surface area contributed by atoms with E-state index in [1.54, 1.807) is 6.92 Å². The van der Waals surface area contributed by atoms with Crippen molar-refractivity contribution in [2.24, 2.45) is 4.99 Å². The van der Waals surface area contributed by atoms with Crippen molar-refractivity contribution in [1.82, 2.24) is 15.1 Å². The van der Waals surface area contributed by atoms with Crippen molar-refractivity contribution in [1.29, 1.82) is 0 Å². The zero-order valence-corrected chi connectivity index (χ0v) is 17.4. The summed E-state index contributed by atoms with van der Waals surface area (Å²) in [6.07, 6.45) is 0.821. The fourth-order valence-corrected chi connectivity index (χ4v) is 2.87. The lowest BCUT2D eigenvalue weighted by atomic mass is 10.1. The fraction of sp³-hybridized carbons (Fsp3) is 0.529. The summed E-state index contributed by atoms with van der Waals surface area (Å²) in [5.74, 6) is 1.06. The van der Waals surface area contributed by atoms with E-state index in [9.17, 15) is 4.79 Å². The molecule has 1 saturated heterocycles. The molecule has 1 fully saturated rings. The van der Waals surface area contributed by atoms with Crippen LogP contribution < -0.4 is 5.32 Å². The molecular formula is C17H26ClIN4O. The number of amides is 1. The van der Waals surface area contributed by atoms with Gasteiger partial charge in [-0.3, -0.25) is 9.79 Å². The van der Waals surface area contributed by atoms with Gasteiger partial charge in [0.25, 0.3) is 0 Å². The molecular weight excluding hydrogens is 439 g/mol. The van der Waals surface area contributed by atoms with Crippen molar-refractivity contribution < 1.29 is 4.79 Å². The quantitative estimate of drug-likeness (QED) is 0.423. The molecule has 5 nitrogen and oxygen atoms in total. The van der Waals surface area contributed by atoms with Crippen molar-refractivity contribution in [2.45, 2.75) is 20.3 Å². The zero-order valence-electron chi connectivity index (χ0n) is 14.3. The largest absolute Gasteiger partial charge is 0.357 e. The Hall–Kier alpha value is -1.02. The third-order valence-electron chi connectivity index (χ3n) is 3.96. The van der Waals surface area contributed by atoms with E-state index in [2.05, 4.69) is 17.1 Å². The number of aliphatic imine (C=N–C) groups is 1. The van der Waals surface area contributed by atoms with Crippen molar-refractivity contribution in [3.63, 3.8) is 0 Å². The van der Waals surface area contributed by atoms with E-state index in [-0.39, 0.29) is 29.9 Å². The second-order valence-electron chi connectivity index (χ2n) is 5.57. The number of piperazine rings is 1. The minimum atomic E-state index is 0. The Morgan fingerprint density at radius 2 is 1.83 bits per heavy atom. The standard InChI is InChI=1S/C17H25ClN4O.HI/c1-3-19-17(22-12-10-21(11-13-22)14(2)23)20-9-8-15-6-4-5-7-16(15)18;/h4-7H,3,8-13H2,1-2H3,(H,19,20);1H. The van der Waals surface area contributed by atoms with E-state index in [0.29, 0.717) is 6.54 Å². The first-order chi connectivity index (χ1) is 11.1. The molecule has 1 aromatic carbocycles. The molecule has 0 saturated carbocycles. The van der Waals surface area contributed by atoms with Gasteiger partial charge in [0.1, 0.15) is 0 Å². The molecule has 1 aromatic rings. The third kappa shape index (κ3) is 6.12. The molecule has 24 heavy (non-hydrogen) atoms. The maximum Gasteiger partial charge on any atom is 0.219 e. The molecule has 0 bridgehead atoms. The molecule has 7 heteroatoms. The van der Waals surface area contributed by atoms with Crippen LogP contribution in [-0.4, -0.2) is 60.9 Å². The number of hydrogen-bond donors (Lipinski definition) is 1. The number of benzene rings is 1. The summed E-state index contributed by atoms with van der Waals surface area (Å²) in [5, 5.41) is 4.13. The van der Waals surface area contributed by atoms with Gasteiger partial charge in [-0.2, -0.15) is 0 Å². The molecule has 1 aliphatic heterocycles. The molecule has 0 aromatic heterocycles. The van der Waals surface area contributed by atoms with Crippen LogP contribution >= 0.6 is 35.6 Å². The van der Waals surface area contributed by atoms with E-state index in [1.807, 2.05) is 29.2 Å². The molecule has 1 N–H and O–H groups in total. The average molecular weight is 465 g/mol. The SMILES string of the molecule is CCNC(=NCCc1ccccc1Cl)N1CCN(C(C)=O)CC1.I. The highest BCUT2D eigenvalue weighted by atomic mass is 127. The predicted molar refractivity (Wildman–Crippen MR) is 110 cm³/mol. The molecule has 1 amide bonds. The number of guanidine groups is 1. The zero-order chi connectivity index (χ0) is 16.7. The molecule has 2 rings (SSSR count). The van der Waals surface area contributed by atoms with Crippen LogP contribution in [0.25, 0.3) is 0 Å². The number of carbonyl (C=O) groups excluding carboxylic acids is 1. The summed E-state index contributed by atoms with van der Waals surface area (Å²) in [6, 6.07) is 7.88. The van der Waals surface area contributed by atoms with Crippen LogP contribution in [0, 0.1) is 0 Å². The molecule has 1 heterocycles. The fourth-order valence-electron chi connectivity index (χ4n) is 2.64. The molecule has 0 radical (unpaired) electrons. The molecule has 0 atom stereocenters. The smallest absolute Gasteiger partial charge is 0.219 e. The summed E-state index contributed by atoms with van der Waals surface area (Å²) < 4.78 is 0. The van der Waals surface area contributed by atoms with Gasteiger partial charge in [0.15, 0.2) is 5.96 Å². The van der Waals surface area contributed by atoms with Crippen LogP contribution in [0.3, 0.4) is 0 Å². The summed E-state index contributed by atoms with van der Waals surface area (Å²) in [6.45, 7) is 8.36. The van der Waals surface area contributed by atoms with Gasteiger partial charge in [0.2, 0.25) is 5.91 Å². The Kier molecular flexibility index (Phi) is 9.43. The maximum atomic E-state index is 11.4. The van der Waals surface area contributed by atoms with Gasteiger partial charge in [-0.15, -0.1) is 24.0 Å². The first-order valence-electron chi connectivity index (χ1n) is 8.14. The van der Waals surface area contributed by atoms with Crippen LogP contribution in [-0.2, 0) is 11.2 Å². The molecule has 1 aliphatic rings. The number of rotatable bonds is 4. The molecule has 0 unspecified atom stereocenters. The van der Waals surface area contributed by atoms with Gasteiger partial charge in [-0.05, 0) is 25.0 Å². The lowest BCUT2D eigenvalue weighted by molar-refractivity contribution is -0.130. The van der Waals surface area contributed by atoms with E-state index >= 15 is 0 Å². The molecule has 0 aliphatic carbocycles. The summed E-state index contributed by atoms with van der Waals surface area (Å²) in [5.41, 5.74) is 1.12. The van der Waals surface area contributed by atoms with Gasteiger partial charge in [0.05, 0.1) is 0 Å². The van der Waals surface area contributed by atoms with Gasteiger partial charge >= 0.3 is 0 Å². The minimum Gasteiger partial charge on any atom is -0.357 e. The van der Waals surface area contributed by atoms with Crippen molar-refractivity contribution >= 4 is 47.4 Å². The second-order valence-corrected chi connectivity index (χ2v) is 5.98. The highest BCUT2D eigenvalue weighted by molar-refractivity contribution is 14.0. The van der Waals surface area contributed by atoms with Gasteiger partial charge in [-0.25, -0.2) is 0 Å². The number of hydrogen-bond acceptors (Lipinski definition) is 2. The third-order valence-corrected chi connectivity index (χ3v) is 4.33. The second kappa shape index (κ2) is 10.8. The monoisotopic (exact) mass is 464 g/mol. The highest BCUT2D eigenvalue weighted by Crippen LogP contribution is 2.15. The summed E-state index contributed by atoms with van der Waals surface area (Å²) in [4.78, 5) is 20.2. The maximum absolute atomic E-state index is 11.4. The van der Waals surface area contributed by atoms with Crippen LogP contribution in [0.5, 0.6) is 0 Å². The van der Waals surface area contributed by atoms with Gasteiger partial charge < -0.3 is 15.1 Å². The number of nitrogens with one attached hydrogen (secondary N) is 1. The first-order valence-corrected chi connectivity index (χ1v) is 8.51. The van der Waals surface area contributed by atoms with E-state index in [0.717, 1.165) is 55.7 Å². The van der Waals surface area contributed by atoms with E-state index in [4.69, 9.17) is 16.6 Å². The van der Waals surface area contributed by atoms with Crippen LogP contribution in [0.1, 0.15) is 19.4 Å². The van der Waals surface area contributed by atoms with Crippen LogP contribution in [0.15, 0.2) is 29.3 Å². The summed E-state index contributed by atoms with van der Waals surface area (Å²) in [7, 11) is 0. The number of nitrogens with zero attached hydrogens (tertiary/aromatic N) is 3. The normalized spacial score (nSPS) is 15.0. The lowest BCUT2D eigenvalue weighted by Gasteiger charge is -2.36. The Morgan fingerprint density at radius 1 is 1.21 bits per heavy atom. The van der Waals surface area contributed by atoms with E-state index in [1.165, 1.54) is 0 Å². The number of carbonyl (C=O) groups is 1. The average Bonchev–Trinajstić information content (AvgIpc) is 2.56. The van der Waals surface area contributed by atoms with Crippen LogP contribution in [0.2, 0.25) is 5.02 Å². The molecule has 134 valence electrons. The van der Waals surface area contributed by atoms with Crippen molar-refractivity contribution in [3.05, 3.63) is 34.9 Å². The van der Waals surface area contributed by atoms with Crippen LogP contribution in [0.4, 0.5) is 0 Å². The Bertz CT molecular complexity index is 559. The van der Waals surface area contributed by atoms with E-state index < -0.39 is 0 Å². The summed E-state index contributed by atoms with van der Waals surface area (Å²) >= 11 is 6.18. The molecule has 0 spiro atoms. The Morgan fingerprint density at radius 3 is 2.42 bits per heavy atom. The Labute approximate surface area is 166 Å². The van der Waals surface area contributed by atoms with Crippen molar-refractivity contribution in [2.75, 3.05) is 39.3 Å². The van der Waals surface area contributed by atoms with Gasteiger partial charge in [-0.1, -0.05) is 29.8 Å². The van der Waals surface area contributed by atoms with Crippen molar-refractivity contribution in [3.8, 4) is 0 Å². The number of halogens is 2. The lowest BCUT2D eigenvalue weighted by Crippen LogP contribution is -2.53.